The summed E-state index contributed by atoms with van der Waals surface area (Å²) >= 11 is 0. The first-order chi connectivity index (χ1) is 10.0. The average molecular weight is 288 g/mol. The Hall–Kier alpha value is -1.68. The first-order valence-corrected chi connectivity index (χ1v) is 7.70. The normalized spacial score (nSPS) is 16.3. The number of nitrogens with zero attached hydrogens (tertiary/aromatic N) is 1. The minimum absolute atomic E-state index is 0.0948. The average Bonchev–Trinajstić information content (AvgIpc) is 2.46. The fourth-order valence-electron chi connectivity index (χ4n) is 2.62. The van der Waals surface area contributed by atoms with E-state index in [-0.39, 0.29) is 17.9 Å². The molecule has 114 valence electrons. The third-order valence-corrected chi connectivity index (χ3v) is 3.98. The molecule has 1 aliphatic heterocycles. The molecular formula is C17H24N2O2. The quantitative estimate of drug-likeness (QED) is 0.817. The molecule has 1 atom stereocenters. The molecule has 1 heterocycles. The first-order valence-electron chi connectivity index (χ1n) is 7.70. The van der Waals surface area contributed by atoms with Crippen molar-refractivity contribution in [2.75, 3.05) is 13.1 Å². The zero-order valence-corrected chi connectivity index (χ0v) is 13.1. The van der Waals surface area contributed by atoms with Crippen molar-refractivity contribution < 1.29 is 9.59 Å². The fraction of sp³-hybridized carbons (Fsp3) is 0.529. The van der Waals surface area contributed by atoms with Crippen LogP contribution in [0.1, 0.15) is 43.1 Å². The minimum atomic E-state index is -0.161. The summed E-state index contributed by atoms with van der Waals surface area (Å²) in [6.07, 6.45) is 1.36. The van der Waals surface area contributed by atoms with Gasteiger partial charge in [-0.25, -0.2) is 0 Å². The number of benzene rings is 1. The lowest BCUT2D eigenvalue weighted by molar-refractivity contribution is -0.128. The van der Waals surface area contributed by atoms with Gasteiger partial charge in [0.1, 0.15) is 0 Å². The number of hydrogen-bond acceptors (Lipinski definition) is 3. The second kappa shape index (κ2) is 6.85. The summed E-state index contributed by atoms with van der Waals surface area (Å²) in [5.74, 6) is 0.114. The lowest BCUT2D eigenvalue weighted by atomic mass is 9.96. The zero-order chi connectivity index (χ0) is 15.4. The molecule has 4 heteroatoms. The lowest BCUT2D eigenvalue weighted by Gasteiger charge is -2.32. The number of nitrogens with one attached hydrogen (secondary N) is 1. The summed E-state index contributed by atoms with van der Waals surface area (Å²) in [4.78, 5) is 26.2. The number of rotatable bonds is 6. The van der Waals surface area contributed by atoms with Crippen LogP contribution in [0.15, 0.2) is 24.3 Å². The maximum Gasteiger partial charge on any atom is 0.260 e. The Balaban J connectivity index is 2.16. The molecule has 0 spiro atoms. The van der Waals surface area contributed by atoms with Gasteiger partial charge in [0.15, 0.2) is 0 Å². The Morgan fingerprint density at radius 1 is 1.24 bits per heavy atom. The summed E-state index contributed by atoms with van der Waals surface area (Å²) in [6.45, 7) is 7.68. The third kappa shape index (κ3) is 3.50. The van der Waals surface area contributed by atoms with Gasteiger partial charge in [-0.05, 0) is 30.5 Å². The highest BCUT2D eigenvalue weighted by Crippen LogP contribution is 2.20. The minimum Gasteiger partial charge on any atom is -0.312 e. The van der Waals surface area contributed by atoms with Crippen molar-refractivity contribution in [2.45, 2.75) is 39.7 Å². The van der Waals surface area contributed by atoms with Crippen LogP contribution in [-0.4, -0.2) is 35.8 Å². The van der Waals surface area contributed by atoms with Gasteiger partial charge in [0.25, 0.3) is 5.91 Å². The van der Waals surface area contributed by atoms with E-state index in [2.05, 4.69) is 26.1 Å². The molecule has 2 rings (SSSR count). The van der Waals surface area contributed by atoms with Gasteiger partial charge in [-0.3, -0.25) is 14.5 Å². The van der Waals surface area contributed by atoms with Crippen LogP contribution >= 0.6 is 0 Å². The highest BCUT2D eigenvalue weighted by atomic mass is 16.2. The predicted octanol–water partition coefficient (Wildman–Crippen LogP) is 2.24. The highest BCUT2D eigenvalue weighted by molar-refractivity contribution is 6.09. The van der Waals surface area contributed by atoms with Crippen LogP contribution in [0.25, 0.3) is 0 Å². The van der Waals surface area contributed by atoms with Gasteiger partial charge in [-0.15, -0.1) is 0 Å². The molecule has 0 saturated heterocycles. The second-order valence-corrected chi connectivity index (χ2v) is 5.95. The van der Waals surface area contributed by atoms with Gasteiger partial charge in [0, 0.05) is 18.2 Å². The van der Waals surface area contributed by atoms with Crippen LogP contribution < -0.4 is 5.32 Å². The molecule has 1 N–H and O–H groups in total. The van der Waals surface area contributed by atoms with E-state index in [9.17, 15) is 9.59 Å². The molecule has 0 saturated carbocycles. The molecule has 0 bridgehead atoms. The molecule has 1 aromatic rings. The number of imide groups is 1. The fourth-order valence-corrected chi connectivity index (χ4v) is 2.62. The zero-order valence-electron chi connectivity index (χ0n) is 13.1. The van der Waals surface area contributed by atoms with Gasteiger partial charge in [-0.1, -0.05) is 39.0 Å². The smallest absolute Gasteiger partial charge is 0.260 e. The number of fused-ring (bicyclic) bond motifs is 1. The van der Waals surface area contributed by atoms with Crippen LogP contribution in [0.5, 0.6) is 0 Å². The molecule has 1 aliphatic rings. The van der Waals surface area contributed by atoms with E-state index in [1.165, 1.54) is 4.90 Å². The van der Waals surface area contributed by atoms with Crippen LogP contribution in [0, 0.1) is 5.92 Å². The molecule has 0 fully saturated rings. The predicted molar refractivity (Wildman–Crippen MR) is 83.1 cm³/mol. The van der Waals surface area contributed by atoms with Crippen LogP contribution in [0.4, 0.5) is 0 Å². The maximum absolute atomic E-state index is 12.5. The Morgan fingerprint density at radius 2 is 1.95 bits per heavy atom. The highest BCUT2D eigenvalue weighted by Gasteiger charge is 2.32. The summed E-state index contributed by atoms with van der Waals surface area (Å²) < 4.78 is 0. The van der Waals surface area contributed by atoms with Gasteiger partial charge in [-0.2, -0.15) is 0 Å². The van der Waals surface area contributed by atoms with Crippen molar-refractivity contribution in [3.8, 4) is 0 Å². The van der Waals surface area contributed by atoms with Crippen LogP contribution in [-0.2, 0) is 11.2 Å². The summed E-state index contributed by atoms with van der Waals surface area (Å²) in [5.41, 5.74) is 1.50. The maximum atomic E-state index is 12.5. The first kappa shape index (κ1) is 15.7. The monoisotopic (exact) mass is 288 g/mol. The van der Waals surface area contributed by atoms with Gasteiger partial charge < -0.3 is 5.32 Å². The molecule has 4 nitrogen and oxygen atoms in total. The lowest BCUT2D eigenvalue weighted by Crippen LogP contribution is -2.51. The van der Waals surface area contributed by atoms with Crippen molar-refractivity contribution in [3.63, 3.8) is 0 Å². The van der Waals surface area contributed by atoms with Crippen LogP contribution in [0.2, 0.25) is 0 Å². The molecule has 0 aliphatic carbocycles. The van der Waals surface area contributed by atoms with E-state index in [0.717, 1.165) is 18.5 Å². The molecule has 0 radical (unpaired) electrons. The molecule has 21 heavy (non-hydrogen) atoms. The molecule has 1 unspecified atom stereocenters. The van der Waals surface area contributed by atoms with E-state index >= 15 is 0 Å². The van der Waals surface area contributed by atoms with Gasteiger partial charge in [0.2, 0.25) is 5.91 Å². The Morgan fingerprint density at radius 3 is 2.62 bits per heavy atom. The van der Waals surface area contributed by atoms with E-state index in [0.29, 0.717) is 24.4 Å². The van der Waals surface area contributed by atoms with E-state index in [4.69, 9.17) is 0 Å². The summed E-state index contributed by atoms with van der Waals surface area (Å²) in [7, 11) is 0. The second-order valence-electron chi connectivity index (χ2n) is 5.95. The number of carbonyl (C=O) groups is 2. The van der Waals surface area contributed by atoms with Crippen LogP contribution in [0.3, 0.4) is 0 Å². The van der Waals surface area contributed by atoms with Gasteiger partial charge in [0.05, 0.1) is 6.42 Å². The Labute approximate surface area is 126 Å². The third-order valence-electron chi connectivity index (χ3n) is 3.98. The van der Waals surface area contributed by atoms with Crippen molar-refractivity contribution in [1.29, 1.82) is 0 Å². The SMILES string of the molecule is CCCNC(CN1C(=O)Cc2ccccc2C1=O)C(C)C. The molecule has 2 amide bonds. The van der Waals surface area contributed by atoms with E-state index in [1.54, 1.807) is 6.07 Å². The Kier molecular flexibility index (Phi) is 5.12. The largest absolute Gasteiger partial charge is 0.312 e. The van der Waals surface area contributed by atoms with Crippen molar-refractivity contribution in [1.82, 2.24) is 10.2 Å². The topological polar surface area (TPSA) is 49.4 Å². The standard InChI is InChI=1S/C17H24N2O2/c1-4-9-18-15(12(2)3)11-19-16(20)10-13-7-5-6-8-14(13)17(19)21/h5-8,12,15,18H,4,9-11H2,1-3H3. The molecule has 1 aromatic carbocycles. The molecular weight excluding hydrogens is 264 g/mol. The molecule has 0 aromatic heterocycles. The van der Waals surface area contributed by atoms with Crippen molar-refractivity contribution in [3.05, 3.63) is 35.4 Å². The summed E-state index contributed by atoms with van der Waals surface area (Å²) in [6, 6.07) is 7.52. The number of carbonyl (C=O) groups excluding carboxylic acids is 2. The Bertz CT molecular complexity index is 525. The van der Waals surface area contributed by atoms with E-state index in [1.807, 2.05) is 18.2 Å². The van der Waals surface area contributed by atoms with E-state index < -0.39 is 0 Å². The van der Waals surface area contributed by atoms with Gasteiger partial charge >= 0.3 is 0 Å². The number of hydrogen-bond donors (Lipinski definition) is 1. The summed E-state index contributed by atoms with van der Waals surface area (Å²) in [5, 5.41) is 3.44. The van der Waals surface area contributed by atoms with Crippen molar-refractivity contribution in [2.24, 2.45) is 5.92 Å². The van der Waals surface area contributed by atoms with Crippen molar-refractivity contribution >= 4 is 11.8 Å². The number of amides is 2.